The van der Waals surface area contributed by atoms with Gasteiger partial charge in [0.15, 0.2) is 0 Å². The highest BCUT2D eigenvalue weighted by molar-refractivity contribution is 5.89. The molecule has 124 valence electrons. The first kappa shape index (κ1) is 17.2. The zero-order chi connectivity index (χ0) is 15.3. The Balaban J connectivity index is 0.00000176. The van der Waals surface area contributed by atoms with Crippen LogP contribution in [0.5, 0.6) is 0 Å². The van der Waals surface area contributed by atoms with Crippen molar-refractivity contribution in [2.75, 3.05) is 6.61 Å². The van der Waals surface area contributed by atoms with Gasteiger partial charge in [-0.2, -0.15) is 5.10 Å². The highest BCUT2D eigenvalue weighted by Crippen LogP contribution is 2.57. The van der Waals surface area contributed by atoms with Crippen molar-refractivity contribution in [2.45, 2.75) is 44.9 Å². The van der Waals surface area contributed by atoms with E-state index in [2.05, 4.69) is 10.4 Å². The number of amides is 1. The molecular weight excluding hydrogens is 304 g/mol. The fraction of sp³-hybridized carbons (Fsp3) is 0.733. The number of nitrogens with one attached hydrogen (secondary N) is 1. The topological polar surface area (TPSA) is 82.2 Å². The number of nitrogens with zero attached hydrogens (tertiary/aromatic N) is 2. The Morgan fingerprint density at radius 3 is 2.95 bits per heavy atom. The van der Waals surface area contributed by atoms with Gasteiger partial charge in [0.25, 0.3) is 0 Å². The van der Waals surface area contributed by atoms with Gasteiger partial charge in [-0.3, -0.25) is 9.48 Å². The molecule has 3 unspecified atom stereocenters. The molecule has 0 aromatic carbocycles. The van der Waals surface area contributed by atoms with Gasteiger partial charge in [-0.15, -0.1) is 12.4 Å². The second kappa shape index (κ2) is 5.83. The van der Waals surface area contributed by atoms with E-state index in [9.17, 15) is 4.79 Å². The Morgan fingerprint density at radius 1 is 1.59 bits per heavy atom. The molecule has 22 heavy (non-hydrogen) atoms. The lowest BCUT2D eigenvalue weighted by molar-refractivity contribution is -0.225. The first-order chi connectivity index (χ1) is 9.89. The normalized spacial score (nSPS) is 32.4. The van der Waals surface area contributed by atoms with Crippen LogP contribution in [0.15, 0.2) is 12.3 Å². The molecular formula is C15H25ClN4O2. The number of halogens is 1. The van der Waals surface area contributed by atoms with Crippen LogP contribution in [0.4, 0.5) is 0 Å². The summed E-state index contributed by atoms with van der Waals surface area (Å²) in [7, 11) is 1.86. The summed E-state index contributed by atoms with van der Waals surface area (Å²) in [4.78, 5) is 12.7. The molecule has 3 rings (SSSR count). The summed E-state index contributed by atoms with van der Waals surface area (Å²) in [6, 6.07) is 1.89. The van der Waals surface area contributed by atoms with E-state index in [-0.39, 0.29) is 35.8 Å². The Kier molecular flexibility index (Phi) is 4.57. The number of hydrogen-bond donors (Lipinski definition) is 2. The SMILES string of the molecule is Cl.Cn1nccc1CNC(=O)C1(N)C2CCCOC2C1(C)C. The third-order valence-corrected chi connectivity index (χ3v) is 5.41. The average Bonchev–Trinajstić information content (AvgIpc) is 2.89. The first-order valence-electron chi connectivity index (χ1n) is 7.54. The predicted octanol–water partition coefficient (Wildman–Crippen LogP) is 0.991. The van der Waals surface area contributed by atoms with E-state index in [1.165, 1.54) is 0 Å². The molecule has 2 fully saturated rings. The molecule has 0 bridgehead atoms. The molecule has 3 N–H and O–H groups in total. The molecule has 3 atom stereocenters. The van der Waals surface area contributed by atoms with Crippen LogP contribution in [0.25, 0.3) is 0 Å². The van der Waals surface area contributed by atoms with Gasteiger partial charge in [-0.05, 0) is 18.9 Å². The molecule has 1 aromatic rings. The Hall–Kier alpha value is -1.11. The second-order valence-corrected chi connectivity index (χ2v) is 6.76. The number of hydrogen-bond acceptors (Lipinski definition) is 4. The van der Waals surface area contributed by atoms with Crippen molar-refractivity contribution in [1.82, 2.24) is 15.1 Å². The Morgan fingerprint density at radius 2 is 2.32 bits per heavy atom. The van der Waals surface area contributed by atoms with E-state index in [1.807, 2.05) is 27.0 Å². The largest absolute Gasteiger partial charge is 0.377 e. The highest BCUT2D eigenvalue weighted by atomic mass is 35.5. The number of nitrogens with two attached hydrogens (primary N) is 1. The number of aromatic nitrogens is 2. The van der Waals surface area contributed by atoms with Crippen LogP contribution < -0.4 is 11.1 Å². The minimum Gasteiger partial charge on any atom is -0.377 e. The van der Waals surface area contributed by atoms with Crippen LogP contribution in [0, 0.1) is 11.3 Å². The maximum absolute atomic E-state index is 12.7. The summed E-state index contributed by atoms with van der Waals surface area (Å²) in [6.07, 6.45) is 3.76. The number of fused-ring (bicyclic) bond motifs is 1. The van der Waals surface area contributed by atoms with Crippen LogP contribution in [0.1, 0.15) is 32.4 Å². The van der Waals surface area contributed by atoms with Gasteiger partial charge in [0, 0.05) is 31.2 Å². The van der Waals surface area contributed by atoms with E-state index in [0.29, 0.717) is 6.54 Å². The van der Waals surface area contributed by atoms with E-state index >= 15 is 0 Å². The molecule has 2 heterocycles. The number of ether oxygens (including phenoxy) is 1. The zero-order valence-corrected chi connectivity index (χ0v) is 14.2. The molecule has 0 radical (unpaired) electrons. The van der Waals surface area contributed by atoms with Crippen molar-refractivity contribution >= 4 is 18.3 Å². The predicted molar refractivity (Wildman–Crippen MR) is 85.5 cm³/mol. The number of rotatable bonds is 3. The molecule has 1 aromatic heterocycles. The van der Waals surface area contributed by atoms with Gasteiger partial charge < -0.3 is 15.8 Å². The fourth-order valence-electron chi connectivity index (χ4n) is 3.93. The zero-order valence-electron chi connectivity index (χ0n) is 13.3. The molecule has 1 aliphatic heterocycles. The smallest absolute Gasteiger partial charge is 0.241 e. The maximum Gasteiger partial charge on any atom is 0.241 e. The number of carbonyl (C=O) groups excluding carboxylic acids is 1. The van der Waals surface area contributed by atoms with Crippen molar-refractivity contribution in [2.24, 2.45) is 24.1 Å². The number of carbonyl (C=O) groups is 1. The third kappa shape index (κ3) is 2.25. The van der Waals surface area contributed by atoms with Crippen LogP contribution in [-0.4, -0.2) is 33.9 Å². The second-order valence-electron chi connectivity index (χ2n) is 6.76. The summed E-state index contributed by atoms with van der Waals surface area (Å²) in [6.45, 7) is 5.28. The van der Waals surface area contributed by atoms with Crippen molar-refractivity contribution in [3.05, 3.63) is 18.0 Å². The van der Waals surface area contributed by atoms with Gasteiger partial charge in [0.05, 0.1) is 18.3 Å². The standard InChI is InChI=1S/C15H24N4O2.ClH/c1-14(2)12-11(5-4-8-21-12)15(14,16)13(20)17-9-10-6-7-18-19(10)3;/h6-7,11-12H,4-5,8-9,16H2,1-3H3,(H,17,20);1H. The molecule has 0 spiro atoms. The number of aryl methyl sites for hydroxylation is 1. The molecule has 1 saturated heterocycles. The van der Waals surface area contributed by atoms with Gasteiger partial charge >= 0.3 is 0 Å². The third-order valence-electron chi connectivity index (χ3n) is 5.41. The van der Waals surface area contributed by atoms with Crippen LogP contribution in [-0.2, 0) is 23.1 Å². The minimum atomic E-state index is -0.851. The molecule has 6 nitrogen and oxygen atoms in total. The van der Waals surface area contributed by atoms with Crippen molar-refractivity contribution < 1.29 is 9.53 Å². The average molecular weight is 329 g/mol. The molecule has 2 aliphatic rings. The van der Waals surface area contributed by atoms with E-state index < -0.39 is 5.54 Å². The Bertz CT molecular complexity index is 559. The summed E-state index contributed by atoms with van der Waals surface area (Å²) in [5.74, 6) is 0.0354. The molecule has 1 aliphatic carbocycles. The van der Waals surface area contributed by atoms with E-state index in [0.717, 1.165) is 25.1 Å². The highest BCUT2D eigenvalue weighted by Gasteiger charge is 2.70. The van der Waals surface area contributed by atoms with Crippen molar-refractivity contribution in [3.8, 4) is 0 Å². The lowest BCUT2D eigenvalue weighted by atomic mass is 9.46. The fourth-order valence-corrected chi connectivity index (χ4v) is 3.93. The first-order valence-corrected chi connectivity index (χ1v) is 7.54. The maximum atomic E-state index is 12.7. The lowest BCUT2D eigenvalue weighted by Crippen LogP contribution is -2.82. The summed E-state index contributed by atoms with van der Waals surface area (Å²) in [5, 5.41) is 7.08. The Labute approximate surface area is 137 Å². The van der Waals surface area contributed by atoms with Gasteiger partial charge in [0.1, 0.15) is 5.54 Å². The van der Waals surface area contributed by atoms with Crippen LogP contribution in [0.2, 0.25) is 0 Å². The molecule has 7 heteroatoms. The van der Waals surface area contributed by atoms with Gasteiger partial charge in [0.2, 0.25) is 5.91 Å². The summed E-state index contributed by atoms with van der Waals surface area (Å²) < 4.78 is 7.59. The van der Waals surface area contributed by atoms with Gasteiger partial charge in [-0.1, -0.05) is 13.8 Å². The van der Waals surface area contributed by atoms with E-state index in [4.69, 9.17) is 10.5 Å². The van der Waals surface area contributed by atoms with Crippen LogP contribution >= 0.6 is 12.4 Å². The van der Waals surface area contributed by atoms with Gasteiger partial charge in [-0.25, -0.2) is 0 Å². The minimum absolute atomic E-state index is 0. The monoisotopic (exact) mass is 328 g/mol. The molecule has 1 saturated carbocycles. The summed E-state index contributed by atoms with van der Waals surface area (Å²) in [5.41, 5.74) is 6.31. The quantitative estimate of drug-likeness (QED) is 0.867. The summed E-state index contributed by atoms with van der Waals surface area (Å²) >= 11 is 0. The molecule has 1 amide bonds. The van der Waals surface area contributed by atoms with Crippen LogP contribution in [0.3, 0.4) is 0 Å². The van der Waals surface area contributed by atoms with Crippen molar-refractivity contribution in [3.63, 3.8) is 0 Å². The van der Waals surface area contributed by atoms with Crippen molar-refractivity contribution in [1.29, 1.82) is 0 Å². The van der Waals surface area contributed by atoms with E-state index in [1.54, 1.807) is 10.9 Å². The lowest BCUT2D eigenvalue weighted by Gasteiger charge is -2.65.